The summed E-state index contributed by atoms with van der Waals surface area (Å²) in [6.07, 6.45) is 6.96. The van der Waals surface area contributed by atoms with Gasteiger partial charge in [0.25, 0.3) is 0 Å². The standard InChI is InChI=1S/C20H30O4/c1-5-23-18(21)17(19(22)24-6-2)13(4)20-9-12(3)7-14-8-15(10-20)16(14)11-20/h7,12-13,15-17H,5-6,8-11H2,1-4H3. The summed E-state index contributed by atoms with van der Waals surface area (Å²) in [4.78, 5) is 25.1. The van der Waals surface area contributed by atoms with Crippen LogP contribution in [0.3, 0.4) is 0 Å². The fraction of sp³-hybridized carbons (Fsp3) is 0.800. The highest BCUT2D eigenvalue weighted by Gasteiger charge is 2.58. The zero-order valence-electron chi connectivity index (χ0n) is 15.3. The molecule has 0 saturated heterocycles. The van der Waals surface area contributed by atoms with Crippen molar-refractivity contribution < 1.29 is 19.1 Å². The van der Waals surface area contributed by atoms with E-state index in [1.807, 2.05) is 0 Å². The second-order valence-corrected chi connectivity index (χ2v) is 8.03. The van der Waals surface area contributed by atoms with Gasteiger partial charge in [-0.1, -0.05) is 25.5 Å². The Morgan fingerprint density at radius 2 is 1.79 bits per heavy atom. The number of hydrogen-bond acceptors (Lipinski definition) is 4. The van der Waals surface area contributed by atoms with E-state index in [1.165, 1.54) is 6.42 Å². The Labute approximate surface area is 145 Å². The molecule has 5 unspecified atom stereocenters. The van der Waals surface area contributed by atoms with E-state index < -0.39 is 17.9 Å². The van der Waals surface area contributed by atoms with E-state index in [0.717, 1.165) is 25.2 Å². The lowest BCUT2D eigenvalue weighted by Gasteiger charge is -2.40. The van der Waals surface area contributed by atoms with Crippen molar-refractivity contribution in [2.75, 3.05) is 13.2 Å². The molecule has 0 aliphatic heterocycles. The maximum Gasteiger partial charge on any atom is 0.320 e. The SMILES string of the molecule is CCOC(=O)C(C(=O)OCC)C(C)C12CC(C)C=C3CC(C1)C3C2. The maximum atomic E-state index is 12.5. The van der Waals surface area contributed by atoms with Crippen LogP contribution in [0.4, 0.5) is 0 Å². The molecule has 2 bridgehead atoms. The predicted octanol–water partition coefficient (Wildman–Crippen LogP) is 3.75. The van der Waals surface area contributed by atoms with Crippen LogP contribution < -0.4 is 0 Å². The maximum absolute atomic E-state index is 12.5. The van der Waals surface area contributed by atoms with Crippen molar-refractivity contribution in [3.05, 3.63) is 11.6 Å². The van der Waals surface area contributed by atoms with E-state index in [2.05, 4.69) is 19.9 Å². The normalized spacial score (nSPS) is 34.9. The Bertz CT molecular complexity index is 534. The molecule has 3 aliphatic carbocycles. The number of allylic oxidation sites excluding steroid dienone is 2. The lowest BCUT2D eigenvalue weighted by molar-refractivity contribution is -0.167. The quantitative estimate of drug-likeness (QED) is 0.422. The van der Waals surface area contributed by atoms with Crippen LogP contribution in [-0.2, 0) is 19.1 Å². The Hall–Kier alpha value is -1.32. The van der Waals surface area contributed by atoms with Gasteiger partial charge in [-0.05, 0) is 68.6 Å². The number of fused-ring (bicyclic) bond motifs is 1. The van der Waals surface area contributed by atoms with Crippen molar-refractivity contribution in [1.29, 1.82) is 0 Å². The van der Waals surface area contributed by atoms with Gasteiger partial charge in [0.2, 0.25) is 0 Å². The molecule has 0 N–H and O–H groups in total. The number of carbonyl (C=O) groups is 2. The van der Waals surface area contributed by atoms with Crippen molar-refractivity contribution in [3.8, 4) is 0 Å². The fourth-order valence-electron chi connectivity index (χ4n) is 5.60. The molecule has 5 atom stereocenters. The minimum Gasteiger partial charge on any atom is -0.465 e. The molecule has 134 valence electrons. The van der Waals surface area contributed by atoms with E-state index in [1.54, 1.807) is 19.4 Å². The second kappa shape index (κ2) is 6.53. The molecular weight excluding hydrogens is 304 g/mol. The first-order valence-electron chi connectivity index (χ1n) is 9.45. The summed E-state index contributed by atoms with van der Waals surface area (Å²) < 4.78 is 10.5. The highest BCUT2D eigenvalue weighted by molar-refractivity contribution is 5.95. The van der Waals surface area contributed by atoms with Crippen LogP contribution in [0.5, 0.6) is 0 Å². The van der Waals surface area contributed by atoms with Gasteiger partial charge in [-0.25, -0.2) is 0 Å². The smallest absolute Gasteiger partial charge is 0.320 e. The third-order valence-corrected chi connectivity index (χ3v) is 6.61. The average Bonchev–Trinajstić information content (AvgIpc) is 2.72. The van der Waals surface area contributed by atoms with Gasteiger partial charge in [-0.2, -0.15) is 0 Å². The van der Waals surface area contributed by atoms with Crippen molar-refractivity contribution >= 4 is 11.9 Å². The molecule has 4 heteroatoms. The molecule has 4 nitrogen and oxygen atoms in total. The van der Waals surface area contributed by atoms with E-state index in [9.17, 15) is 9.59 Å². The molecule has 0 heterocycles. The molecule has 0 aromatic carbocycles. The molecule has 0 amide bonds. The summed E-state index contributed by atoms with van der Waals surface area (Å²) in [5.41, 5.74) is 1.66. The van der Waals surface area contributed by atoms with Crippen LogP contribution in [0.15, 0.2) is 11.6 Å². The number of rotatable bonds is 6. The van der Waals surface area contributed by atoms with E-state index in [4.69, 9.17) is 9.47 Å². The van der Waals surface area contributed by atoms with Crippen molar-refractivity contribution in [3.63, 3.8) is 0 Å². The first-order chi connectivity index (χ1) is 11.4. The Kier molecular flexibility index (Phi) is 4.76. The van der Waals surface area contributed by atoms with Crippen LogP contribution in [-0.4, -0.2) is 25.2 Å². The van der Waals surface area contributed by atoms with E-state index in [0.29, 0.717) is 25.0 Å². The summed E-state index contributed by atoms with van der Waals surface area (Å²) in [7, 11) is 0. The monoisotopic (exact) mass is 334 g/mol. The van der Waals surface area contributed by atoms with Gasteiger partial charge in [-0.15, -0.1) is 0 Å². The molecule has 3 aliphatic rings. The van der Waals surface area contributed by atoms with Gasteiger partial charge in [0.1, 0.15) is 0 Å². The number of ether oxygens (including phenoxy) is 2. The first-order valence-corrected chi connectivity index (χ1v) is 9.45. The number of esters is 2. The van der Waals surface area contributed by atoms with Crippen LogP contribution >= 0.6 is 0 Å². The van der Waals surface area contributed by atoms with Gasteiger partial charge in [0.15, 0.2) is 5.92 Å². The van der Waals surface area contributed by atoms with Crippen LogP contribution in [0, 0.1) is 35.0 Å². The topological polar surface area (TPSA) is 52.6 Å². The average molecular weight is 334 g/mol. The fourth-order valence-corrected chi connectivity index (χ4v) is 5.60. The molecule has 2 saturated carbocycles. The van der Waals surface area contributed by atoms with E-state index >= 15 is 0 Å². The summed E-state index contributed by atoms with van der Waals surface area (Å²) in [5.74, 6) is 0.272. The molecule has 0 aromatic heterocycles. The molecular formula is C20H30O4. The molecule has 0 radical (unpaired) electrons. The van der Waals surface area contributed by atoms with Crippen molar-refractivity contribution in [2.24, 2.45) is 35.0 Å². The molecule has 3 rings (SSSR count). The van der Waals surface area contributed by atoms with Crippen LogP contribution in [0.25, 0.3) is 0 Å². The Balaban J connectivity index is 1.87. The van der Waals surface area contributed by atoms with Gasteiger partial charge in [0, 0.05) is 0 Å². The van der Waals surface area contributed by atoms with Crippen LogP contribution in [0.1, 0.15) is 53.4 Å². The van der Waals surface area contributed by atoms with Crippen molar-refractivity contribution in [2.45, 2.75) is 53.4 Å². The lowest BCUT2D eigenvalue weighted by atomic mass is 9.64. The summed E-state index contributed by atoms with van der Waals surface area (Å²) in [6.45, 7) is 8.48. The van der Waals surface area contributed by atoms with Gasteiger partial charge in [-0.3, -0.25) is 9.59 Å². The minimum atomic E-state index is -0.795. The molecule has 0 aromatic rings. The summed E-state index contributed by atoms with van der Waals surface area (Å²) >= 11 is 0. The summed E-state index contributed by atoms with van der Waals surface area (Å²) in [6, 6.07) is 0. The third kappa shape index (κ3) is 2.78. The van der Waals surface area contributed by atoms with Gasteiger partial charge < -0.3 is 9.47 Å². The molecule has 0 spiro atoms. The Morgan fingerprint density at radius 1 is 1.17 bits per heavy atom. The third-order valence-electron chi connectivity index (χ3n) is 6.61. The Morgan fingerprint density at radius 3 is 2.38 bits per heavy atom. The van der Waals surface area contributed by atoms with Gasteiger partial charge >= 0.3 is 11.9 Å². The zero-order chi connectivity index (χ0) is 17.5. The highest BCUT2D eigenvalue weighted by Crippen LogP contribution is 2.65. The second-order valence-electron chi connectivity index (χ2n) is 8.03. The molecule has 24 heavy (non-hydrogen) atoms. The minimum absolute atomic E-state index is 0.0450. The lowest BCUT2D eigenvalue weighted by Crippen LogP contribution is -2.42. The predicted molar refractivity (Wildman–Crippen MR) is 91.0 cm³/mol. The largest absolute Gasteiger partial charge is 0.465 e. The van der Waals surface area contributed by atoms with Crippen molar-refractivity contribution in [1.82, 2.24) is 0 Å². The van der Waals surface area contributed by atoms with E-state index in [-0.39, 0.29) is 11.3 Å². The zero-order valence-corrected chi connectivity index (χ0v) is 15.3. The van der Waals surface area contributed by atoms with Gasteiger partial charge in [0.05, 0.1) is 13.2 Å². The highest BCUT2D eigenvalue weighted by atomic mass is 16.6. The molecule has 2 fully saturated rings. The van der Waals surface area contributed by atoms with Crippen LogP contribution in [0.2, 0.25) is 0 Å². The first kappa shape index (κ1) is 17.5. The number of hydrogen-bond donors (Lipinski definition) is 0. The number of carbonyl (C=O) groups excluding carboxylic acids is 2. The summed E-state index contributed by atoms with van der Waals surface area (Å²) in [5, 5.41) is 0.